The molecule has 0 aliphatic rings. The minimum atomic E-state index is 0.111. The Labute approximate surface area is 128 Å². The molecule has 21 heavy (non-hydrogen) atoms. The van der Waals surface area contributed by atoms with Crippen LogP contribution in [0.5, 0.6) is 0 Å². The van der Waals surface area contributed by atoms with E-state index in [1.807, 2.05) is 24.3 Å². The van der Waals surface area contributed by atoms with E-state index in [1.54, 1.807) is 6.92 Å². The first kappa shape index (κ1) is 15.5. The number of hydrogen-bond donors (Lipinski definition) is 0. The summed E-state index contributed by atoms with van der Waals surface area (Å²) in [6.45, 7) is 10.6. The molecule has 0 saturated heterocycles. The van der Waals surface area contributed by atoms with Crippen LogP contribution < -0.4 is 0 Å². The summed E-state index contributed by atoms with van der Waals surface area (Å²) in [5, 5.41) is 0. The maximum absolute atomic E-state index is 11.4. The number of hydrogen-bond acceptors (Lipinski definition) is 1. The quantitative estimate of drug-likeness (QED) is 0.646. The van der Waals surface area contributed by atoms with E-state index >= 15 is 0 Å². The van der Waals surface area contributed by atoms with Crippen molar-refractivity contribution < 1.29 is 4.79 Å². The molecule has 0 aliphatic carbocycles. The van der Waals surface area contributed by atoms with Gasteiger partial charge in [0.1, 0.15) is 0 Å². The molecule has 0 bridgehead atoms. The Morgan fingerprint density at radius 3 is 1.76 bits per heavy atom. The van der Waals surface area contributed by atoms with Crippen LogP contribution in [0.1, 0.15) is 67.9 Å². The van der Waals surface area contributed by atoms with Crippen molar-refractivity contribution in [3.8, 4) is 11.1 Å². The van der Waals surface area contributed by atoms with Gasteiger partial charge < -0.3 is 0 Å². The third kappa shape index (κ3) is 3.41. The summed E-state index contributed by atoms with van der Waals surface area (Å²) in [6.07, 6.45) is 0. The number of carbonyl (C=O) groups excluding carboxylic acids is 1. The van der Waals surface area contributed by atoms with Crippen molar-refractivity contribution in [2.24, 2.45) is 0 Å². The zero-order valence-electron chi connectivity index (χ0n) is 13.6. The number of ketones is 1. The molecule has 2 aromatic rings. The molecule has 1 nitrogen and oxygen atoms in total. The van der Waals surface area contributed by atoms with Crippen LogP contribution in [0, 0.1) is 0 Å². The van der Waals surface area contributed by atoms with Gasteiger partial charge in [-0.1, -0.05) is 70.2 Å². The van der Waals surface area contributed by atoms with Crippen molar-refractivity contribution in [2.75, 3.05) is 0 Å². The van der Waals surface area contributed by atoms with Crippen molar-refractivity contribution in [3.63, 3.8) is 0 Å². The summed E-state index contributed by atoms with van der Waals surface area (Å²) in [5.74, 6) is 1.16. The number of Topliss-reactive ketones (excluding diaryl/α,β-unsaturated/α-hetero) is 1. The van der Waals surface area contributed by atoms with E-state index in [-0.39, 0.29) is 5.78 Å². The number of carbonyl (C=O) groups is 1. The number of rotatable bonds is 4. The fraction of sp³-hybridized carbons (Fsp3) is 0.350. The second-order valence-corrected chi connectivity index (χ2v) is 6.29. The normalized spacial score (nSPS) is 11.2. The van der Waals surface area contributed by atoms with Gasteiger partial charge in [-0.05, 0) is 41.0 Å². The molecule has 0 N–H and O–H groups in total. The maximum Gasteiger partial charge on any atom is 0.159 e. The fourth-order valence-electron chi connectivity index (χ4n) is 2.68. The fourth-order valence-corrected chi connectivity index (χ4v) is 2.68. The zero-order valence-corrected chi connectivity index (χ0v) is 13.6. The van der Waals surface area contributed by atoms with Crippen LogP contribution in [0.4, 0.5) is 0 Å². The molecule has 0 unspecified atom stereocenters. The van der Waals surface area contributed by atoms with E-state index in [4.69, 9.17) is 0 Å². The Bertz CT molecular complexity index is 633. The summed E-state index contributed by atoms with van der Waals surface area (Å²) in [5.41, 5.74) is 5.99. The molecule has 2 aromatic carbocycles. The molecule has 1 heteroatoms. The Kier molecular flexibility index (Phi) is 4.62. The lowest BCUT2D eigenvalue weighted by atomic mass is 9.88. The van der Waals surface area contributed by atoms with Gasteiger partial charge in [-0.25, -0.2) is 0 Å². The molecule has 0 aliphatic heterocycles. The van der Waals surface area contributed by atoms with Gasteiger partial charge in [0, 0.05) is 5.56 Å². The first-order chi connectivity index (χ1) is 9.90. The third-order valence-electron chi connectivity index (χ3n) is 3.96. The molecule has 0 aromatic heterocycles. The second-order valence-electron chi connectivity index (χ2n) is 6.29. The van der Waals surface area contributed by atoms with Crippen molar-refractivity contribution in [1.29, 1.82) is 0 Å². The largest absolute Gasteiger partial charge is 0.295 e. The lowest BCUT2D eigenvalue weighted by Gasteiger charge is -2.17. The average Bonchev–Trinajstić information content (AvgIpc) is 2.46. The zero-order chi connectivity index (χ0) is 15.6. The van der Waals surface area contributed by atoms with Crippen LogP contribution in [-0.4, -0.2) is 5.78 Å². The minimum absolute atomic E-state index is 0.111. The molecule has 0 atom stereocenters. The van der Waals surface area contributed by atoms with Gasteiger partial charge in [-0.15, -0.1) is 0 Å². The molecule has 0 saturated carbocycles. The Morgan fingerprint density at radius 2 is 1.29 bits per heavy atom. The minimum Gasteiger partial charge on any atom is -0.295 e. The van der Waals surface area contributed by atoms with Gasteiger partial charge in [0.25, 0.3) is 0 Å². The van der Waals surface area contributed by atoms with E-state index < -0.39 is 0 Å². The van der Waals surface area contributed by atoms with Crippen LogP contribution in [0.2, 0.25) is 0 Å². The van der Waals surface area contributed by atoms with E-state index in [0.29, 0.717) is 11.8 Å². The van der Waals surface area contributed by atoms with Gasteiger partial charge in [-0.3, -0.25) is 4.79 Å². The summed E-state index contributed by atoms with van der Waals surface area (Å²) in [4.78, 5) is 11.4. The standard InChI is InChI=1S/C20H24O/c1-13(2)19-11-10-18(12-20(19)14(3)4)17-8-6-16(7-9-17)15(5)21/h6-14H,1-5H3. The van der Waals surface area contributed by atoms with Crippen LogP contribution in [0.15, 0.2) is 42.5 Å². The van der Waals surface area contributed by atoms with Gasteiger partial charge in [-0.2, -0.15) is 0 Å². The molecular weight excluding hydrogens is 256 g/mol. The lowest BCUT2D eigenvalue weighted by Crippen LogP contribution is -1.99. The van der Waals surface area contributed by atoms with Crippen LogP contribution in [0.3, 0.4) is 0 Å². The first-order valence-corrected chi connectivity index (χ1v) is 7.65. The molecule has 0 amide bonds. The topological polar surface area (TPSA) is 17.1 Å². The van der Waals surface area contributed by atoms with Crippen molar-refractivity contribution in [2.45, 2.75) is 46.5 Å². The highest BCUT2D eigenvalue weighted by molar-refractivity contribution is 5.94. The van der Waals surface area contributed by atoms with E-state index in [1.165, 1.54) is 16.7 Å². The summed E-state index contributed by atoms with van der Waals surface area (Å²) < 4.78 is 0. The predicted octanol–water partition coefficient (Wildman–Crippen LogP) is 5.80. The van der Waals surface area contributed by atoms with Crippen LogP contribution in [-0.2, 0) is 0 Å². The molecule has 0 spiro atoms. The molecule has 0 fully saturated rings. The van der Waals surface area contributed by atoms with Crippen molar-refractivity contribution in [1.82, 2.24) is 0 Å². The highest BCUT2D eigenvalue weighted by Crippen LogP contribution is 2.31. The predicted molar refractivity (Wildman–Crippen MR) is 90.1 cm³/mol. The summed E-state index contributed by atoms with van der Waals surface area (Å²) >= 11 is 0. The molecule has 110 valence electrons. The van der Waals surface area contributed by atoms with Crippen LogP contribution >= 0.6 is 0 Å². The van der Waals surface area contributed by atoms with E-state index in [2.05, 4.69) is 45.9 Å². The van der Waals surface area contributed by atoms with Gasteiger partial charge >= 0.3 is 0 Å². The highest BCUT2D eigenvalue weighted by atomic mass is 16.1. The second kappa shape index (κ2) is 6.26. The highest BCUT2D eigenvalue weighted by Gasteiger charge is 2.11. The van der Waals surface area contributed by atoms with E-state index in [9.17, 15) is 4.79 Å². The summed E-state index contributed by atoms with van der Waals surface area (Å²) in [7, 11) is 0. The Hall–Kier alpha value is -1.89. The monoisotopic (exact) mass is 280 g/mol. The lowest BCUT2D eigenvalue weighted by molar-refractivity contribution is 0.101. The van der Waals surface area contributed by atoms with Crippen LogP contribution in [0.25, 0.3) is 11.1 Å². The van der Waals surface area contributed by atoms with Gasteiger partial charge in [0.2, 0.25) is 0 Å². The third-order valence-corrected chi connectivity index (χ3v) is 3.96. The molecule has 2 rings (SSSR count). The molecular formula is C20H24O. The molecule has 0 heterocycles. The number of benzene rings is 2. The smallest absolute Gasteiger partial charge is 0.159 e. The molecule has 0 radical (unpaired) electrons. The van der Waals surface area contributed by atoms with Crippen molar-refractivity contribution >= 4 is 5.78 Å². The SMILES string of the molecule is CC(=O)c1ccc(-c2ccc(C(C)C)c(C(C)C)c2)cc1. The Morgan fingerprint density at radius 1 is 0.762 bits per heavy atom. The maximum atomic E-state index is 11.4. The Balaban J connectivity index is 2.45. The van der Waals surface area contributed by atoms with Gasteiger partial charge in [0.15, 0.2) is 5.78 Å². The van der Waals surface area contributed by atoms with E-state index in [0.717, 1.165) is 11.1 Å². The van der Waals surface area contributed by atoms with Crippen molar-refractivity contribution in [3.05, 3.63) is 59.2 Å². The first-order valence-electron chi connectivity index (χ1n) is 7.65. The summed E-state index contributed by atoms with van der Waals surface area (Å²) in [6, 6.07) is 14.6. The average molecular weight is 280 g/mol. The van der Waals surface area contributed by atoms with Gasteiger partial charge in [0.05, 0.1) is 0 Å².